The molecule has 1 aromatic heterocycles. The molecule has 1 spiro atoms. The summed E-state index contributed by atoms with van der Waals surface area (Å²) in [6.07, 6.45) is 8.94. The molecule has 2 heterocycles. The van der Waals surface area contributed by atoms with Gasteiger partial charge >= 0.3 is 0 Å². The van der Waals surface area contributed by atoms with Gasteiger partial charge in [0.15, 0.2) is 11.5 Å². The van der Waals surface area contributed by atoms with Crippen LogP contribution >= 0.6 is 11.9 Å². The number of piperidine rings is 1. The molecule has 2 aliphatic rings. The molecule has 0 amide bonds. The molecule has 4 rings (SSSR count). The molecule has 2 fully saturated rings. The second-order valence-corrected chi connectivity index (χ2v) is 8.61. The number of aromatic nitrogens is 1. The van der Waals surface area contributed by atoms with Gasteiger partial charge < -0.3 is 9.47 Å². The van der Waals surface area contributed by atoms with Crippen LogP contribution in [0.5, 0.6) is 11.5 Å². The predicted molar refractivity (Wildman–Crippen MR) is 108 cm³/mol. The number of rotatable bonds is 5. The van der Waals surface area contributed by atoms with Gasteiger partial charge in [-0.3, -0.25) is 9.29 Å². The van der Waals surface area contributed by atoms with E-state index >= 15 is 0 Å². The van der Waals surface area contributed by atoms with Crippen LogP contribution in [-0.2, 0) is 0 Å². The van der Waals surface area contributed by atoms with Crippen LogP contribution < -0.4 is 9.47 Å². The molecule has 1 aliphatic carbocycles. The molecule has 5 nitrogen and oxygen atoms in total. The van der Waals surface area contributed by atoms with E-state index in [9.17, 15) is 0 Å². The molecule has 1 saturated carbocycles. The standard InChI is InChI=1S/C21H25N3O2S/c1-25-19-8-17-7-15(12-22)13-23-18(17)9-20(19)26-14-16-10-21(11-16)3-5-24(27-2)6-4-21/h7-9,13,16H,3-6,10-11,14H2,1-2H3. The Morgan fingerprint density at radius 3 is 2.70 bits per heavy atom. The molecule has 1 aliphatic heterocycles. The summed E-state index contributed by atoms with van der Waals surface area (Å²) in [4.78, 5) is 4.37. The van der Waals surface area contributed by atoms with E-state index in [2.05, 4.69) is 21.6 Å². The van der Waals surface area contributed by atoms with Gasteiger partial charge in [0.2, 0.25) is 0 Å². The number of nitrogens with zero attached hydrogens (tertiary/aromatic N) is 3. The Kier molecular flexibility index (Phi) is 5.16. The molecule has 2 aromatic rings. The van der Waals surface area contributed by atoms with Crippen molar-refractivity contribution >= 4 is 22.9 Å². The highest BCUT2D eigenvalue weighted by Crippen LogP contribution is 2.53. The zero-order valence-electron chi connectivity index (χ0n) is 15.9. The minimum atomic E-state index is 0.547. The number of hydrogen-bond acceptors (Lipinski definition) is 6. The van der Waals surface area contributed by atoms with Crippen molar-refractivity contribution < 1.29 is 9.47 Å². The van der Waals surface area contributed by atoms with Gasteiger partial charge in [0.05, 0.1) is 24.8 Å². The van der Waals surface area contributed by atoms with Crippen LogP contribution in [0.15, 0.2) is 24.4 Å². The maximum absolute atomic E-state index is 9.04. The summed E-state index contributed by atoms with van der Waals surface area (Å²) in [6.45, 7) is 3.15. The zero-order valence-corrected chi connectivity index (χ0v) is 16.7. The van der Waals surface area contributed by atoms with Crippen LogP contribution in [0, 0.1) is 22.7 Å². The van der Waals surface area contributed by atoms with Crippen molar-refractivity contribution in [1.29, 1.82) is 5.26 Å². The zero-order chi connectivity index (χ0) is 18.9. The van der Waals surface area contributed by atoms with E-state index < -0.39 is 0 Å². The summed E-state index contributed by atoms with van der Waals surface area (Å²) >= 11 is 1.87. The van der Waals surface area contributed by atoms with E-state index in [1.165, 1.54) is 38.8 Å². The topological polar surface area (TPSA) is 58.4 Å². The van der Waals surface area contributed by atoms with E-state index in [1.807, 2.05) is 30.1 Å². The second-order valence-electron chi connectivity index (χ2n) is 7.73. The van der Waals surface area contributed by atoms with Crippen molar-refractivity contribution in [2.24, 2.45) is 11.3 Å². The normalized spacial score (nSPS) is 19.6. The lowest BCUT2D eigenvalue weighted by molar-refractivity contribution is -0.0142. The molecule has 0 bridgehead atoms. The molecule has 6 heteroatoms. The maximum Gasteiger partial charge on any atom is 0.163 e. The average Bonchev–Trinajstić information content (AvgIpc) is 2.69. The van der Waals surface area contributed by atoms with Crippen LogP contribution in [-0.4, -0.2) is 42.4 Å². The largest absolute Gasteiger partial charge is 0.493 e. The summed E-state index contributed by atoms with van der Waals surface area (Å²) in [5.74, 6) is 2.06. The van der Waals surface area contributed by atoms with E-state index in [0.29, 0.717) is 22.6 Å². The van der Waals surface area contributed by atoms with Gasteiger partial charge in [0.1, 0.15) is 6.07 Å². The molecule has 0 radical (unpaired) electrons. The molecule has 1 saturated heterocycles. The highest BCUT2D eigenvalue weighted by molar-refractivity contribution is 7.96. The number of fused-ring (bicyclic) bond motifs is 1. The van der Waals surface area contributed by atoms with Crippen LogP contribution in [0.2, 0.25) is 0 Å². The summed E-state index contributed by atoms with van der Waals surface area (Å²) in [5.41, 5.74) is 1.92. The first-order valence-corrected chi connectivity index (χ1v) is 10.6. The van der Waals surface area contributed by atoms with E-state index in [0.717, 1.165) is 23.3 Å². The lowest BCUT2D eigenvalue weighted by atomic mass is 9.58. The van der Waals surface area contributed by atoms with Crippen molar-refractivity contribution in [3.8, 4) is 17.6 Å². The highest BCUT2D eigenvalue weighted by atomic mass is 32.2. The first-order valence-electron chi connectivity index (χ1n) is 9.44. The van der Waals surface area contributed by atoms with Crippen LogP contribution in [0.3, 0.4) is 0 Å². The summed E-state index contributed by atoms with van der Waals surface area (Å²) in [6, 6.07) is 7.77. The third kappa shape index (κ3) is 3.71. The predicted octanol–water partition coefficient (Wildman–Crippen LogP) is 4.26. The van der Waals surface area contributed by atoms with E-state index in [-0.39, 0.29) is 0 Å². The minimum absolute atomic E-state index is 0.547. The number of ether oxygens (including phenoxy) is 2. The Balaban J connectivity index is 1.39. The van der Waals surface area contributed by atoms with Crippen molar-refractivity contribution in [3.63, 3.8) is 0 Å². The van der Waals surface area contributed by atoms with Gasteiger partial charge in [-0.05, 0) is 55.4 Å². The van der Waals surface area contributed by atoms with Crippen molar-refractivity contribution in [1.82, 2.24) is 9.29 Å². The Morgan fingerprint density at radius 2 is 2.04 bits per heavy atom. The van der Waals surface area contributed by atoms with Crippen LogP contribution in [0.25, 0.3) is 10.9 Å². The average molecular weight is 384 g/mol. The fourth-order valence-corrected chi connectivity index (χ4v) is 5.06. The third-order valence-corrected chi connectivity index (χ3v) is 6.94. The number of hydrogen-bond donors (Lipinski definition) is 0. The van der Waals surface area contributed by atoms with Gasteiger partial charge in [-0.25, -0.2) is 0 Å². The third-order valence-electron chi connectivity index (χ3n) is 6.05. The fourth-order valence-electron chi connectivity index (χ4n) is 4.51. The Hall–Kier alpha value is -1.97. The first-order chi connectivity index (χ1) is 13.1. The van der Waals surface area contributed by atoms with Gasteiger partial charge in [-0.2, -0.15) is 5.26 Å². The van der Waals surface area contributed by atoms with Crippen molar-refractivity contribution in [2.75, 3.05) is 33.1 Å². The number of nitriles is 1. The smallest absolute Gasteiger partial charge is 0.163 e. The number of methoxy groups -OCH3 is 1. The van der Waals surface area contributed by atoms with E-state index in [4.69, 9.17) is 14.7 Å². The van der Waals surface area contributed by atoms with Gasteiger partial charge in [0, 0.05) is 30.7 Å². The number of benzene rings is 1. The van der Waals surface area contributed by atoms with Crippen molar-refractivity contribution in [3.05, 3.63) is 30.0 Å². The molecular weight excluding hydrogens is 358 g/mol. The monoisotopic (exact) mass is 383 g/mol. The quantitative estimate of drug-likeness (QED) is 0.719. The summed E-state index contributed by atoms with van der Waals surface area (Å²) < 4.78 is 14.1. The minimum Gasteiger partial charge on any atom is -0.493 e. The Bertz CT molecular complexity index is 864. The lowest BCUT2D eigenvalue weighted by Crippen LogP contribution is -2.46. The molecule has 0 N–H and O–H groups in total. The molecular formula is C21H25N3O2S. The maximum atomic E-state index is 9.04. The molecule has 0 atom stereocenters. The van der Waals surface area contributed by atoms with E-state index in [1.54, 1.807) is 13.3 Å². The summed E-state index contributed by atoms with van der Waals surface area (Å²) in [7, 11) is 1.65. The molecule has 27 heavy (non-hydrogen) atoms. The Morgan fingerprint density at radius 1 is 1.26 bits per heavy atom. The number of pyridine rings is 1. The lowest BCUT2D eigenvalue weighted by Gasteiger charge is -2.51. The first kappa shape index (κ1) is 18.4. The van der Waals surface area contributed by atoms with Gasteiger partial charge in [-0.1, -0.05) is 11.9 Å². The molecule has 142 valence electrons. The SMILES string of the molecule is COc1cc2cc(C#N)cnc2cc1OCC1CC2(CCN(SC)CC2)C1. The van der Waals surface area contributed by atoms with Crippen LogP contribution in [0.4, 0.5) is 0 Å². The van der Waals surface area contributed by atoms with Gasteiger partial charge in [-0.15, -0.1) is 0 Å². The molecule has 1 aromatic carbocycles. The van der Waals surface area contributed by atoms with Gasteiger partial charge in [0.25, 0.3) is 0 Å². The second kappa shape index (κ2) is 7.57. The fraction of sp³-hybridized carbons (Fsp3) is 0.524. The highest BCUT2D eigenvalue weighted by Gasteiger charge is 2.45. The molecule has 0 unspecified atom stereocenters. The van der Waals surface area contributed by atoms with Crippen LogP contribution in [0.1, 0.15) is 31.2 Å². The Labute approximate surface area is 164 Å². The van der Waals surface area contributed by atoms with Crippen molar-refractivity contribution in [2.45, 2.75) is 25.7 Å². The summed E-state index contributed by atoms with van der Waals surface area (Å²) in [5, 5.41) is 9.93.